The summed E-state index contributed by atoms with van der Waals surface area (Å²) in [4.78, 5) is 14.9. The van der Waals surface area contributed by atoms with E-state index in [2.05, 4.69) is 41.4 Å². The van der Waals surface area contributed by atoms with E-state index in [4.69, 9.17) is 16.3 Å². The lowest BCUT2D eigenvalue weighted by molar-refractivity contribution is -0.123. The highest BCUT2D eigenvalue weighted by Gasteiger charge is 2.22. The number of hydrogen-bond acceptors (Lipinski definition) is 3. The fourth-order valence-corrected chi connectivity index (χ4v) is 3.89. The first kappa shape index (κ1) is 21.7. The van der Waals surface area contributed by atoms with Crippen molar-refractivity contribution in [2.75, 3.05) is 26.2 Å². The Morgan fingerprint density at radius 2 is 1.76 bits per heavy atom. The molecule has 156 valence electrons. The van der Waals surface area contributed by atoms with E-state index in [-0.39, 0.29) is 18.6 Å². The van der Waals surface area contributed by atoms with Crippen LogP contribution in [0.3, 0.4) is 0 Å². The highest BCUT2D eigenvalue weighted by molar-refractivity contribution is 6.31. The van der Waals surface area contributed by atoms with Crippen LogP contribution in [-0.4, -0.2) is 37.0 Å². The second-order valence-electron chi connectivity index (χ2n) is 7.88. The minimum Gasteiger partial charge on any atom is -0.484 e. The lowest BCUT2D eigenvalue weighted by Crippen LogP contribution is -2.40. The number of carbonyl (C=O) groups excluding carboxylic acids is 1. The quantitative estimate of drug-likeness (QED) is 0.687. The molecule has 3 rings (SSSR count). The number of halogens is 1. The molecule has 2 aromatic rings. The van der Waals surface area contributed by atoms with Gasteiger partial charge in [-0.1, -0.05) is 54.3 Å². The summed E-state index contributed by atoms with van der Waals surface area (Å²) in [5.41, 5.74) is 3.44. The average molecular weight is 415 g/mol. The SMILES string of the molecule is Cc1ccc([C@H](CNC(=O)COc2ccc(Cl)c(C)c2)N2CCCCCC2)cc1. The van der Waals surface area contributed by atoms with E-state index in [9.17, 15) is 4.79 Å². The van der Waals surface area contributed by atoms with Crippen LogP contribution in [0.1, 0.15) is 48.4 Å². The van der Waals surface area contributed by atoms with Crippen molar-refractivity contribution in [3.8, 4) is 5.75 Å². The van der Waals surface area contributed by atoms with E-state index < -0.39 is 0 Å². The van der Waals surface area contributed by atoms with Gasteiger partial charge in [-0.15, -0.1) is 0 Å². The Labute approximate surface area is 179 Å². The Morgan fingerprint density at radius 3 is 2.41 bits per heavy atom. The summed E-state index contributed by atoms with van der Waals surface area (Å²) in [5, 5.41) is 3.77. The van der Waals surface area contributed by atoms with E-state index in [1.54, 1.807) is 12.1 Å². The monoisotopic (exact) mass is 414 g/mol. The third-order valence-electron chi connectivity index (χ3n) is 5.54. The van der Waals surface area contributed by atoms with Crippen LogP contribution >= 0.6 is 11.6 Å². The predicted molar refractivity (Wildman–Crippen MR) is 119 cm³/mol. The van der Waals surface area contributed by atoms with Gasteiger partial charge >= 0.3 is 0 Å². The maximum Gasteiger partial charge on any atom is 0.258 e. The molecule has 2 aromatic carbocycles. The number of aryl methyl sites for hydroxylation is 2. The van der Waals surface area contributed by atoms with Crippen molar-refractivity contribution < 1.29 is 9.53 Å². The first-order valence-corrected chi connectivity index (χ1v) is 10.9. The van der Waals surface area contributed by atoms with Crippen molar-refractivity contribution in [1.29, 1.82) is 0 Å². The van der Waals surface area contributed by atoms with Gasteiger partial charge in [0.15, 0.2) is 6.61 Å². The Morgan fingerprint density at radius 1 is 1.07 bits per heavy atom. The minimum atomic E-state index is -0.107. The average Bonchev–Trinajstić information content (AvgIpc) is 3.00. The summed E-state index contributed by atoms with van der Waals surface area (Å²) in [6.45, 7) is 6.77. The molecule has 0 unspecified atom stereocenters. The van der Waals surface area contributed by atoms with E-state index in [0.29, 0.717) is 17.3 Å². The lowest BCUT2D eigenvalue weighted by Gasteiger charge is -2.31. The van der Waals surface area contributed by atoms with Gasteiger partial charge in [0.2, 0.25) is 0 Å². The van der Waals surface area contributed by atoms with Crippen molar-refractivity contribution in [2.45, 2.75) is 45.6 Å². The summed E-state index contributed by atoms with van der Waals surface area (Å²) >= 11 is 6.04. The molecule has 1 fully saturated rings. The van der Waals surface area contributed by atoms with E-state index in [1.165, 1.54) is 36.8 Å². The van der Waals surface area contributed by atoms with Crippen molar-refractivity contribution >= 4 is 17.5 Å². The summed E-state index contributed by atoms with van der Waals surface area (Å²) in [6.07, 6.45) is 5.01. The molecule has 1 atom stereocenters. The zero-order chi connectivity index (χ0) is 20.6. The molecule has 0 aliphatic carbocycles. The van der Waals surface area contributed by atoms with E-state index >= 15 is 0 Å². The molecule has 5 heteroatoms. The number of likely N-dealkylation sites (tertiary alicyclic amines) is 1. The standard InChI is InChI=1S/C24H31ClN2O2/c1-18-7-9-20(10-8-18)23(27-13-5-3-4-6-14-27)16-26-24(28)17-29-21-11-12-22(25)19(2)15-21/h7-12,15,23H,3-6,13-14,16-17H2,1-2H3,(H,26,28)/t23-/m0/s1. The van der Waals surface area contributed by atoms with Gasteiger partial charge in [-0.3, -0.25) is 9.69 Å². The smallest absolute Gasteiger partial charge is 0.258 e. The number of amides is 1. The van der Waals surface area contributed by atoms with Gasteiger partial charge in [0.1, 0.15) is 5.75 Å². The molecule has 0 aromatic heterocycles. The molecule has 1 saturated heterocycles. The largest absolute Gasteiger partial charge is 0.484 e. The van der Waals surface area contributed by atoms with Gasteiger partial charge in [-0.2, -0.15) is 0 Å². The second kappa shape index (κ2) is 10.7. The normalized spacial score (nSPS) is 16.1. The van der Waals surface area contributed by atoms with Crippen LogP contribution < -0.4 is 10.1 Å². The molecule has 1 aliphatic heterocycles. The fourth-order valence-electron chi connectivity index (χ4n) is 3.77. The summed E-state index contributed by atoms with van der Waals surface area (Å²) in [7, 11) is 0. The highest BCUT2D eigenvalue weighted by atomic mass is 35.5. The number of nitrogens with zero attached hydrogens (tertiary/aromatic N) is 1. The highest BCUT2D eigenvalue weighted by Crippen LogP contribution is 2.24. The number of carbonyl (C=O) groups is 1. The van der Waals surface area contributed by atoms with Crippen LogP contribution in [0, 0.1) is 13.8 Å². The maximum absolute atomic E-state index is 12.4. The number of benzene rings is 2. The van der Waals surface area contributed by atoms with Crippen molar-refractivity contribution in [3.63, 3.8) is 0 Å². The van der Waals surface area contributed by atoms with Crippen LogP contribution in [0.2, 0.25) is 5.02 Å². The third kappa shape index (κ3) is 6.48. The van der Waals surface area contributed by atoms with Crippen LogP contribution in [0.15, 0.2) is 42.5 Å². The Kier molecular flexibility index (Phi) is 7.96. The van der Waals surface area contributed by atoms with Crippen molar-refractivity contribution in [2.24, 2.45) is 0 Å². The lowest BCUT2D eigenvalue weighted by atomic mass is 10.0. The van der Waals surface area contributed by atoms with Crippen LogP contribution in [0.5, 0.6) is 5.75 Å². The van der Waals surface area contributed by atoms with Gasteiger partial charge in [0, 0.05) is 11.6 Å². The first-order valence-electron chi connectivity index (χ1n) is 10.5. The molecule has 0 radical (unpaired) electrons. The second-order valence-corrected chi connectivity index (χ2v) is 8.29. The molecule has 1 amide bonds. The molecule has 0 spiro atoms. The summed E-state index contributed by atoms with van der Waals surface area (Å²) in [5.74, 6) is 0.550. The zero-order valence-corrected chi connectivity index (χ0v) is 18.2. The van der Waals surface area contributed by atoms with Gasteiger partial charge in [0.05, 0.1) is 6.04 Å². The molecule has 0 bridgehead atoms. The first-order chi connectivity index (χ1) is 14.0. The third-order valence-corrected chi connectivity index (χ3v) is 5.96. The Bertz CT molecular complexity index is 799. The molecule has 1 heterocycles. The van der Waals surface area contributed by atoms with Crippen LogP contribution in [0.4, 0.5) is 0 Å². The van der Waals surface area contributed by atoms with Crippen molar-refractivity contribution in [3.05, 3.63) is 64.2 Å². The molecule has 4 nitrogen and oxygen atoms in total. The van der Waals surface area contributed by atoms with Crippen LogP contribution in [0.25, 0.3) is 0 Å². The number of hydrogen-bond donors (Lipinski definition) is 1. The zero-order valence-electron chi connectivity index (χ0n) is 17.4. The maximum atomic E-state index is 12.4. The summed E-state index contributed by atoms with van der Waals surface area (Å²) < 4.78 is 5.64. The van der Waals surface area contributed by atoms with E-state index in [1.807, 2.05) is 13.0 Å². The molecule has 1 N–H and O–H groups in total. The Hall–Kier alpha value is -2.04. The minimum absolute atomic E-state index is 0.00168. The van der Waals surface area contributed by atoms with Gasteiger partial charge in [-0.25, -0.2) is 0 Å². The van der Waals surface area contributed by atoms with Gasteiger partial charge in [0.25, 0.3) is 5.91 Å². The number of ether oxygens (including phenoxy) is 1. The van der Waals surface area contributed by atoms with E-state index in [0.717, 1.165) is 18.7 Å². The van der Waals surface area contributed by atoms with Crippen LogP contribution in [-0.2, 0) is 4.79 Å². The summed E-state index contributed by atoms with van der Waals surface area (Å²) in [6, 6.07) is 14.3. The topological polar surface area (TPSA) is 41.6 Å². The molecule has 0 saturated carbocycles. The molecular formula is C24H31ClN2O2. The predicted octanol–water partition coefficient (Wildman–Crippen LogP) is 5.07. The van der Waals surface area contributed by atoms with Gasteiger partial charge < -0.3 is 10.1 Å². The fraction of sp³-hybridized carbons (Fsp3) is 0.458. The van der Waals surface area contributed by atoms with Crippen molar-refractivity contribution in [1.82, 2.24) is 10.2 Å². The molecule has 1 aliphatic rings. The number of nitrogens with one attached hydrogen (secondary N) is 1. The number of rotatable bonds is 7. The molecular weight excluding hydrogens is 384 g/mol. The molecule has 29 heavy (non-hydrogen) atoms. The Balaban J connectivity index is 1.60. The van der Waals surface area contributed by atoms with Gasteiger partial charge in [-0.05, 0) is 69.1 Å².